The van der Waals surface area contributed by atoms with Gasteiger partial charge in [0.25, 0.3) is 5.60 Å². The third-order valence-electron chi connectivity index (χ3n) is 5.67. The van der Waals surface area contributed by atoms with Crippen molar-refractivity contribution in [1.29, 1.82) is 0 Å². The molecule has 2 fully saturated rings. The zero-order valence-corrected chi connectivity index (χ0v) is 16.2. The predicted octanol–water partition coefficient (Wildman–Crippen LogP) is 0.914. The molecule has 3 rings (SSSR count). The Bertz CT molecular complexity index is 750. The third kappa shape index (κ3) is 3.38. The number of rotatable bonds is 5. The molecule has 5 atom stereocenters. The van der Waals surface area contributed by atoms with Gasteiger partial charge in [0, 0.05) is 12.5 Å². The van der Waals surface area contributed by atoms with Gasteiger partial charge in [0.15, 0.2) is 6.10 Å². The van der Waals surface area contributed by atoms with Crippen molar-refractivity contribution in [2.75, 3.05) is 14.2 Å². The van der Waals surface area contributed by atoms with E-state index in [0.29, 0.717) is 18.4 Å². The van der Waals surface area contributed by atoms with Gasteiger partial charge in [-0.2, -0.15) is 0 Å². The van der Waals surface area contributed by atoms with Gasteiger partial charge in [0.05, 0.1) is 18.7 Å². The second-order valence-corrected chi connectivity index (χ2v) is 7.29. The lowest BCUT2D eigenvalue weighted by Crippen LogP contribution is -2.69. The summed E-state index contributed by atoms with van der Waals surface area (Å²) in [6.07, 6.45) is -0.803. The van der Waals surface area contributed by atoms with Gasteiger partial charge in [-0.25, -0.2) is 14.4 Å². The number of hydrogen-bond donors (Lipinski definition) is 1. The van der Waals surface area contributed by atoms with E-state index in [9.17, 15) is 19.5 Å². The Kier molecular flexibility index (Phi) is 5.71. The zero-order chi connectivity index (χ0) is 20.5. The Morgan fingerprint density at radius 3 is 2.50 bits per heavy atom. The number of carbonyl (C=O) groups is 3. The van der Waals surface area contributed by atoms with Crippen molar-refractivity contribution in [1.82, 2.24) is 4.90 Å². The predicted molar refractivity (Wildman–Crippen MR) is 97.4 cm³/mol. The standard InChI is InChI=1S/C20H25NO7/c1-12(22)17(23)28-20(19(25)26-3)15-10-9-14(21(15)2)11-16(20)27-18(24)13-7-5-4-6-8-13/h4-8,12,14-16,22H,9-11H2,1-3H3/t12?,14-,15+,16+,20-/m1/s1. The van der Waals surface area contributed by atoms with Crippen molar-refractivity contribution in [3.05, 3.63) is 35.9 Å². The van der Waals surface area contributed by atoms with Gasteiger partial charge in [-0.1, -0.05) is 18.2 Å². The lowest BCUT2D eigenvalue weighted by molar-refractivity contribution is -0.218. The summed E-state index contributed by atoms with van der Waals surface area (Å²) in [4.78, 5) is 39.8. The Morgan fingerprint density at radius 2 is 1.89 bits per heavy atom. The fraction of sp³-hybridized carbons (Fsp3) is 0.550. The molecule has 8 heteroatoms. The van der Waals surface area contributed by atoms with E-state index in [-0.39, 0.29) is 6.04 Å². The van der Waals surface area contributed by atoms with E-state index in [1.807, 2.05) is 11.9 Å². The van der Waals surface area contributed by atoms with E-state index in [0.717, 1.165) is 6.42 Å². The first-order valence-electron chi connectivity index (χ1n) is 9.28. The van der Waals surface area contributed by atoms with Gasteiger partial charge < -0.3 is 19.3 Å². The van der Waals surface area contributed by atoms with E-state index >= 15 is 0 Å². The van der Waals surface area contributed by atoms with Gasteiger partial charge >= 0.3 is 17.9 Å². The number of hydrogen-bond acceptors (Lipinski definition) is 8. The van der Waals surface area contributed by atoms with Crippen LogP contribution in [0.4, 0.5) is 0 Å². The summed E-state index contributed by atoms with van der Waals surface area (Å²) < 4.78 is 16.2. The van der Waals surface area contributed by atoms with E-state index in [1.54, 1.807) is 30.3 Å². The lowest BCUT2D eigenvalue weighted by atomic mass is 9.82. The molecule has 0 aromatic heterocycles. The summed E-state index contributed by atoms with van der Waals surface area (Å²) in [5.41, 5.74) is -1.51. The lowest BCUT2D eigenvalue weighted by Gasteiger charge is -2.48. The van der Waals surface area contributed by atoms with Gasteiger partial charge in [-0.05, 0) is 38.9 Å². The minimum atomic E-state index is -1.84. The highest BCUT2D eigenvalue weighted by Crippen LogP contribution is 2.45. The number of fused-ring (bicyclic) bond motifs is 2. The van der Waals surface area contributed by atoms with Gasteiger partial charge in [0.1, 0.15) is 6.10 Å². The summed E-state index contributed by atoms with van der Waals surface area (Å²) in [7, 11) is 3.03. The van der Waals surface area contributed by atoms with Crippen LogP contribution >= 0.6 is 0 Å². The van der Waals surface area contributed by atoms with E-state index in [4.69, 9.17) is 14.2 Å². The molecule has 1 unspecified atom stereocenters. The summed E-state index contributed by atoms with van der Waals surface area (Å²) in [5, 5.41) is 9.65. The van der Waals surface area contributed by atoms with Crippen molar-refractivity contribution < 1.29 is 33.7 Å². The molecule has 2 heterocycles. The van der Waals surface area contributed by atoms with E-state index in [2.05, 4.69) is 0 Å². The van der Waals surface area contributed by atoms with Crippen LogP contribution < -0.4 is 0 Å². The van der Waals surface area contributed by atoms with Crippen LogP contribution in [-0.4, -0.2) is 72.0 Å². The number of piperidine rings is 1. The third-order valence-corrected chi connectivity index (χ3v) is 5.67. The molecule has 2 aliphatic rings. The highest BCUT2D eigenvalue weighted by atomic mass is 16.6. The molecule has 1 aromatic rings. The molecule has 0 radical (unpaired) electrons. The average Bonchev–Trinajstić information content (AvgIpc) is 2.97. The van der Waals surface area contributed by atoms with Crippen LogP contribution in [0.5, 0.6) is 0 Å². The van der Waals surface area contributed by atoms with Gasteiger partial charge in [-0.3, -0.25) is 4.90 Å². The zero-order valence-electron chi connectivity index (χ0n) is 16.2. The summed E-state index contributed by atoms with van der Waals surface area (Å²) >= 11 is 0. The molecule has 0 spiro atoms. The quantitative estimate of drug-likeness (QED) is 0.584. The Balaban J connectivity index is 2.00. The van der Waals surface area contributed by atoms with Crippen LogP contribution in [0, 0.1) is 0 Å². The SMILES string of the molecule is COC(=O)[C@]1(OC(=O)C(C)O)[C@@H](OC(=O)c2ccccc2)C[C@H]2CC[C@@H]1N2C. The van der Waals surface area contributed by atoms with Gasteiger partial charge in [0.2, 0.25) is 0 Å². The molecule has 2 aliphatic heterocycles. The summed E-state index contributed by atoms with van der Waals surface area (Å²) in [5.74, 6) is -2.38. The molecule has 152 valence electrons. The highest BCUT2D eigenvalue weighted by molar-refractivity contribution is 5.91. The largest absolute Gasteiger partial charge is 0.466 e. The topological polar surface area (TPSA) is 102 Å². The molecule has 0 saturated carbocycles. The molecule has 2 saturated heterocycles. The van der Waals surface area contributed by atoms with Crippen LogP contribution in [0.1, 0.15) is 36.5 Å². The number of carbonyl (C=O) groups excluding carboxylic acids is 3. The molecule has 1 aromatic carbocycles. The molecule has 2 bridgehead atoms. The first-order chi connectivity index (χ1) is 13.3. The maximum Gasteiger partial charge on any atom is 0.356 e. The van der Waals surface area contributed by atoms with Crippen LogP contribution in [0.3, 0.4) is 0 Å². The minimum absolute atomic E-state index is 0.0848. The maximum absolute atomic E-state index is 12.9. The van der Waals surface area contributed by atoms with Crippen molar-refractivity contribution in [3.8, 4) is 0 Å². The normalized spacial score (nSPS) is 30.4. The van der Waals surface area contributed by atoms with Crippen LogP contribution in [0.25, 0.3) is 0 Å². The van der Waals surface area contributed by atoms with Gasteiger partial charge in [-0.15, -0.1) is 0 Å². The number of ether oxygens (including phenoxy) is 3. The highest BCUT2D eigenvalue weighted by Gasteiger charge is 2.65. The molecule has 1 N–H and O–H groups in total. The first-order valence-corrected chi connectivity index (χ1v) is 9.28. The molecule has 28 heavy (non-hydrogen) atoms. The fourth-order valence-corrected chi connectivity index (χ4v) is 4.21. The van der Waals surface area contributed by atoms with Crippen LogP contribution in [0.15, 0.2) is 30.3 Å². The van der Waals surface area contributed by atoms with Crippen molar-refractivity contribution in [2.24, 2.45) is 0 Å². The average molecular weight is 391 g/mol. The van der Waals surface area contributed by atoms with Crippen molar-refractivity contribution in [3.63, 3.8) is 0 Å². The summed E-state index contributed by atoms with van der Waals surface area (Å²) in [6.45, 7) is 1.25. The molecular weight excluding hydrogens is 366 g/mol. The number of methoxy groups -OCH3 is 1. The second-order valence-electron chi connectivity index (χ2n) is 7.29. The van der Waals surface area contributed by atoms with Crippen LogP contribution in [-0.2, 0) is 23.8 Å². The molecule has 8 nitrogen and oxygen atoms in total. The van der Waals surface area contributed by atoms with Crippen molar-refractivity contribution in [2.45, 2.75) is 56.1 Å². The first kappa shape index (κ1) is 20.3. The summed E-state index contributed by atoms with van der Waals surface area (Å²) in [6, 6.07) is 7.96. The number of nitrogens with zero attached hydrogens (tertiary/aromatic N) is 1. The fourth-order valence-electron chi connectivity index (χ4n) is 4.21. The number of likely N-dealkylation sites (N-methyl/N-ethyl adjacent to an activating group) is 1. The number of benzene rings is 1. The van der Waals surface area contributed by atoms with Crippen molar-refractivity contribution >= 4 is 17.9 Å². The Labute approximate surface area is 163 Å². The molecule has 0 aliphatic carbocycles. The molecular formula is C20H25NO7. The second kappa shape index (κ2) is 7.89. The monoisotopic (exact) mass is 391 g/mol. The molecule has 0 amide bonds. The van der Waals surface area contributed by atoms with E-state index < -0.39 is 41.8 Å². The van der Waals surface area contributed by atoms with Crippen LogP contribution in [0.2, 0.25) is 0 Å². The minimum Gasteiger partial charge on any atom is -0.466 e. The smallest absolute Gasteiger partial charge is 0.356 e. The number of aliphatic hydroxyl groups is 1. The van der Waals surface area contributed by atoms with E-state index in [1.165, 1.54) is 14.0 Å². The Hall–Kier alpha value is -2.45. The Morgan fingerprint density at radius 1 is 1.21 bits per heavy atom. The maximum atomic E-state index is 12.9. The number of esters is 3. The number of aliphatic hydroxyl groups excluding tert-OH is 1.